The first-order valence-corrected chi connectivity index (χ1v) is 8.36. The van der Waals surface area contributed by atoms with Crippen molar-refractivity contribution in [3.8, 4) is 0 Å². The van der Waals surface area contributed by atoms with E-state index in [0.29, 0.717) is 13.1 Å². The molecule has 24 heavy (non-hydrogen) atoms. The van der Waals surface area contributed by atoms with Gasteiger partial charge in [-0.1, -0.05) is 30.3 Å². The van der Waals surface area contributed by atoms with Crippen LogP contribution < -0.4 is 9.80 Å². The van der Waals surface area contributed by atoms with Gasteiger partial charge in [-0.15, -0.1) is 0 Å². The molecule has 0 spiro atoms. The summed E-state index contributed by atoms with van der Waals surface area (Å²) in [4.78, 5) is 26.3. The quantitative estimate of drug-likeness (QED) is 0.830. The van der Waals surface area contributed by atoms with E-state index in [1.165, 1.54) is 4.90 Å². The Kier molecular flexibility index (Phi) is 5.38. The van der Waals surface area contributed by atoms with Gasteiger partial charge in [0.15, 0.2) is 6.54 Å². The fourth-order valence-electron chi connectivity index (χ4n) is 2.95. The molecule has 3 rings (SSSR count). The molecule has 6 nitrogen and oxygen atoms in total. The minimum atomic E-state index is 0.193. The molecular formula is C18H24N5O+. The second-order valence-corrected chi connectivity index (χ2v) is 6.20. The molecule has 1 aliphatic rings. The Labute approximate surface area is 142 Å². The zero-order valence-corrected chi connectivity index (χ0v) is 14.1. The van der Waals surface area contributed by atoms with Crippen LogP contribution >= 0.6 is 0 Å². The van der Waals surface area contributed by atoms with Crippen LogP contribution in [-0.2, 0) is 11.3 Å². The largest absolute Gasteiger partial charge is 0.337 e. The van der Waals surface area contributed by atoms with E-state index in [2.05, 4.69) is 27.0 Å². The van der Waals surface area contributed by atoms with Crippen molar-refractivity contribution in [3.05, 3.63) is 54.4 Å². The SMILES string of the molecule is CN(Cc1ccccc1)C(=O)C[NH+]1CCN(c2ncccn2)CC1. The third-order valence-electron chi connectivity index (χ3n) is 4.40. The summed E-state index contributed by atoms with van der Waals surface area (Å²) < 4.78 is 0. The van der Waals surface area contributed by atoms with Crippen molar-refractivity contribution >= 4 is 11.9 Å². The molecule has 6 heteroatoms. The highest BCUT2D eigenvalue weighted by atomic mass is 16.2. The Morgan fingerprint density at radius 2 is 1.79 bits per heavy atom. The average molecular weight is 326 g/mol. The van der Waals surface area contributed by atoms with Gasteiger partial charge >= 0.3 is 0 Å². The first-order valence-electron chi connectivity index (χ1n) is 8.36. The number of anilines is 1. The summed E-state index contributed by atoms with van der Waals surface area (Å²) >= 11 is 0. The fraction of sp³-hybridized carbons (Fsp3) is 0.389. The van der Waals surface area contributed by atoms with Crippen molar-refractivity contribution in [2.45, 2.75) is 6.54 Å². The van der Waals surface area contributed by atoms with E-state index in [4.69, 9.17) is 0 Å². The van der Waals surface area contributed by atoms with Crippen molar-refractivity contribution in [3.63, 3.8) is 0 Å². The first-order chi connectivity index (χ1) is 11.7. The van der Waals surface area contributed by atoms with Gasteiger partial charge in [0.2, 0.25) is 5.95 Å². The molecule has 1 amide bonds. The lowest BCUT2D eigenvalue weighted by Gasteiger charge is -2.32. The highest BCUT2D eigenvalue weighted by Gasteiger charge is 2.24. The van der Waals surface area contributed by atoms with Gasteiger partial charge in [-0.05, 0) is 11.6 Å². The minimum Gasteiger partial charge on any atom is -0.337 e. The van der Waals surface area contributed by atoms with Crippen molar-refractivity contribution < 1.29 is 9.69 Å². The molecule has 1 N–H and O–H groups in total. The van der Waals surface area contributed by atoms with E-state index >= 15 is 0 Å². The summed E-state index contributed by atoms with van der Waals surface area (Å²) in [5.74, 6) is 0.974. The Morgan fingerprint density at radius 1 is 1.12 bits per heavy atom. The van der Waals surface area contributed by atoms with Gasteiger partial charge in [-0.2, -0.15) is 0 Å². The van der Waals surface area contributed by atoms with Crippen molar-refractivity contribution in [1.82, 2.24) is 14.9 Å². The van der Waals surface area contributed by atoms with Crippen LogP contribution in [0, 0.1) is 0 Å². The number of likely N-dealkylation sites (N-methyl/N-ethyl adjacent to an activating group) is 1. The van der Waals surface area contributed by atoms with Crippen LogP contribution in [0.1, 0.15) is 5.56 Å². The number of rotatable bonds is 5. The second kappa shape index (κ2) is 7.88. The highest BCUT2D eigenvalue weighted by molar-refractivity contribution is 5.76. The zero-order valence-electron chi connectivity index (χ0n) is 14.1. The number of nitrogens with zero attached hydrogens (tertiary/aromatic N) is 4. The number of hydrogen-bond donors (Lipinski definition) is 1. The van der Waals surface area contributed by atoms with Gasteiger partial charge in [0.25, 0.3) is 5.91 Å². The molecule has 1 fully saturated rings. The summed E-state index contributed by atoms with van der Waals surface area (Å²) in [5, 5.41) is 0. The summed E-state index contributed by atoms with van der Waals surface area (Å²) in [6, 6.07) is 11.9. The smallest absolute Gasteiger partial charge is 0.277 e. The first kappa shape index (κ1) is 16.4. The predicted molar refractivity (Wildman–Crippen MR) is 92.7 cm³/mol. The van der Waals surface area contributed by atoms with Gasteiger partial charge in [0.1, 0.15) is 0 Å². The van der Waals surface area contributed by atoms with Crippen LogP contribution in [0.15, 0.2) is 48.8 Å². The third kappa shape index (κ3) is 4.29. The Hall–Kier alpha value is -2.47. The number of benzene rings is 1. The molecule has 0 unspecified atom stereocenters. The van der Waals surface area contributed by atoms with Crippen LogP contribution in [0.3, 0.4) is 0 Å². The number of nitrogens with one attached hydrogen (secondary N) is 1. The lowest BCUT2D eigenvalue weighted by molar-refractivity contribution is -0.892. The lowest BCUT2D eigenvalue weighted by atomic mass is 10.2. The Morgan fingerprint density at radius 3 is 2.46 bits per heavy atom. The number of aromatic nitrogens is 2. The molecule has 0 radical (unpaired) electrons. The molecule has 0 aliphatic carbocycles. The topological polar surface area (TPSA) is 53.8 Å². The molecule has 1 aliphatic heterocycles. The summed E-state index contributed by atoms with van der Waals surface area (Å²) in [6.45, 7) is 4.85. The lowest BCUT2D eigenvalue weighted by Crippen LogP contribution is -3.15. The summed E-state index contributed by atoms with van der Waals surface area (Å²) in [6.07, 6.45) is 3.53. The van der Waals surface area contributed by atoms with E-state index in [9.17, 15) is 4.79 Å². The number of carbonyl (C=O) groups excluding carboxylic acids is 1. The van der Waals surface area contributed by atoms with Gasteiger partial charge in [-0.25, -0.2) is 9.97 Å². The van der Waals surface area contributed by atoms with Crippen molar-refractivity contribution in [2.24, 2.45) is 0 Å². The average Bonchev–Trinajstić information content (AvgIpc) is 2.64. The standard InChI is InChI=1S/C18H23N5O/c1-21(14-16-6-3-2-4-7-16)17(24)15-22-10-12-23(13-11-22)18-19-8-5-9-20-18/h2-9H,10-15H2,1H3/p+1. The normalized spacial score (nSPS) is 15.3. The minimum absolute atomic E-state index is 0.193. The molecule has 2 heterocycles. The van der Waals surface area contributed by atoms with Crippen LogP contribution in [-0.4, -0.2) is 60.5 Å². The van der Waals surface area contributed by atoms with E-state index in [-0.39, 0.29) is 5.91 Å². The van der Waals surface area contributed by atoms with Gasteiger partial charge < -0.3 is 14.7 Å². The number of piperazine rings is 1. The molecule has 0 bridgehead atoms. The molecule has 1 aromatic heterocycles. The third-order valence-corrected chi connectivity index (χ3v) is 4.40. The van der Waals surface area contributed by atoms with Crippen LogP contribution in [0.2, 0.25) is 0 Å². The van der Waals surface area contributed by atoms with E-state index in [1.54, 1.807) is 12.4 Å². The molecule has 0 saturated carbocycles. The number of quaternary nitrogens is 1. The molecule has 0 atom stereocenters. The predicted octanol–water partition coefficient (Wildman–Crippen LogP) is -0.160. The molecule has 126 valence electrons. The summed E-state index contributed by atoms with van der Waals surface area (Å²) in [7, 11) is 1.88. The molecular weight excluding hydrogens is 302 g/mol. The molecule has 1 aromatic carbocycles. The Balaban J connectivity index is 1.46. The maximum Gasteiger partial charge on any atom is 0.277 e. The maximum atomic E-state index is 12.4. The van der Waals surface area contributed by atoms with Gasteiger partial charge in [-0.3, -0.25) is 4.79 Å². The van der Waals surface area contributed by atoms with Crippen molar-refractivity contribution in [2.75, 3.05) is 44.7 Å². The fourth-order valence-corrected chi connectivity index (χ4v) is 2.95. The Bertz CT molecular complexity index is 641. The van der Waals surface area contributed by atoms with Crippen LogP contribution in [0.5, 0.6) is 0 Å². The van der Waals surface area contributed by atoms with Gasteiger partial charge in [0, 0.05) is 26.0 Å². The number of amides is 1. The van der Waals surface area contributed by atoms with E-state index in [0.717, 1.165) is 37.7 Å². The number of carbonyl (C=O) groups is 1. The zero-order chi connectivity index (χ0) is 16.8. The van der Waals surface area contributed by atoms with Crippen molar-refractivity contribution in [1.29, 1.82) is 0 Å². The number of hydrogen-bond acceptors (Lipinski definition) is 4. The monoisotopic (exact) mass is 326 g/mol. The van der Waals surface area contributed by atoms with Crippen LogP contribution in [0.4, 0.5) is 5.95 Å². The van der Waals surface area contributed by atoms with E-state index < -0.39 is 0 Å². The maximum absolute atomic E-state index is 12.4. The highest BCUT2D eigenvalue weighted by Crippen LogP contribution is 2.04. The van der Waals surface area contributed by atoms with E-state index in [1.807, 2.05) is 36.2 Å². The molecule has 2 aromatic rings. The van der Waals surface area contributed by atoms with Gasteiger partial charge in [0.05, 0.1) is 26.2 Å². The second-order valence-electron chi connectivity index (χ2n) is 6.20. The summed E-state index contributed by atoms with van der Waals surface area (Å²) in [5.41, 5.74) is 1.16. The molecule has 1 saturated heterocycles. The van der Waals surface area contributed by atoms with Crippen LogP contribution in [0.25, 0.3) is 0 Å².